The van der Waals surface area contributed by atoms with E-state index in [-0.39, 0.29) is 11.3 Å². The Balaban J connectivity index is 2.04. The first-order valence-electron chi connectivity index (χ1n) is 8.59. The largest absolute Gasteiger partial charge is 0.324 e. The molecular formula is C19H19FN4O4S. The van der Waals surface area contributed by atoms with Crippen molar-refractivity contribution in [2.24, 2.45) is 4.99 Å². The van der Waals surface area contributed by atoms with Crippen molar-refractivity contribution in [3.63, 3.8) is 0 Å². The van der Waals surface area contributed by atoms with Crippen LogP contribution in [0.15, 0.2) is 53.5 Å². The number of benzene rings is 2. The average Bonchev–Trinajstić information content (AvgIpc) is 2.77. The summed E-state index contributed by atoms with van der Waals surface area (Å²) >= 11 is 0. The maximum Gasteiger partial charge on any atom is 0.317 e. The van der Waals surface area contributed by atoms with Crippen LogP contribution in [0.2, 0.25) is 0 Å². The molecule has 1 heterocycles. The number of hydrogen-bond donors (Lipinski definition) is 2. The number of benzodiazepines with no additional fused rings is 1. The molecule has 0 spiro atoms. The van der Waals surface area contributed by atoms with Crippen LogP contribution in [0, 0.1) is 5.82 Å². The van der Waals surface area contributed by atoms with E-state index in [0.29, 0.717) is 11.3 Å². The summed E-state index contributed by atoms with van der Waals surface area (Å²) in [5.74, 6) is -1.68. The van der Waals surface area contributed by atoms with E-state index in [1.165, 1.54) is 30.1 Å². The van der Waals surface area contributed by atoms with Gasteiger partial charge in [-0.15, -0.1) is 0 Å². The third-order valence-corrected chi connectivity index (χ3v) is 4.90. The standard InChI is InChI=1S/C19H19FN4O4S/c1-24-15-10-6-4-8-13(15)16(12-7-3-5-9-14(12)20)22-17(18(24)25)23-19(26)21-11-29(2,27)28/h3-10,17H,11H2,1-2H3,(H2,21,23,26). The van der Waals surface area contributed by atoms with Crippen LogP contribution in [0.5, 0.6) is 0 Å². The molecule has 29 heavy (non-hydrogen) atoms. The van der Waals surface area contributed by atoms with E-state index in [1.54, 1.807) is 30.3 Å². The van der Waals surface area contributed by atoms with Crippen molar-refractivity contribution in [2.45, 2.75) is 6.17 Å². The highest BCUT2D eigenvalue weighted by atomic mass is 32.2. The van der Waals surface area contributed by atoms with Crippen molar-refractivity contribution >= 4 is 33.2 Å². The molecular weight excluding hydrogens is 399 g/mol. The lowest BCUT2D eigenvalue weighted by Gasteiger charge is -2.20. The minimum atomic E-state index is -3.45. The molecule has 152 valence electrons. The van der Waals surface area contributed by atoms with Gasteiger partial charge in [-0.1, -0.05) is 30.3 Å². The molecule has 0 fully saturated rings. The van der Waals surface area contributed by atoms with Gasteiger partial charge >= 0.3 is 6.03 Å². The molecule has 0 radical (unpaired) electrons. The summed E-state index contributed by atoms with van der Waals surface area (Å²) in [6, 6.07) is 12.0. The highest BCUT2D eigenvalue weighted by molar-refractivity contribution is 7.90. The predicted molar refractivity (Wildman–Crippen MR) is 107 cm³/mol. The van der Waals surface area contributed by atoms with Gasteiger partial charge in [0.05, 0.1) is 11.4 Å². The van der Waals surface area contributed by atoms with Crippen LogP contribution in [0.4, 0.5) is 14.9 Å². The topological polar surface area (TPSA) is 108 Å². The highest BCUT2D eigenvalue weighted by Gasteiger charge is 2.31. The third-order valence-electron chi connectivity index (χ3n) is 4.23. The second kappa shape index (κ2) is 8.00. The van der Waals surface area contributed by atoms with E-state index in [4.69, 9.17) is 0 Å². The second-order valence-electron chi connectivity index (χ2n) is 6.49. The van der Waals surface area contributed by atoms with E-state index in [1.807, 2.05) is 0 Å². The Morgan fingerprint density at radius 1 is 1.14 bits per heavy atom. The number of fused-ring (bicyclic) bond motifs is 1. The first-order valence-corrected chi connectivity index (χ1v) is 10.6. The van der Waals surface area contributed by atoms with Gasteiger partial charge in [0.2, 0.25) is 6.17 Å². The van der Waals surface area contributed by atoms with E-state index >= 15 is 0 Å². The van der Waals surface area contributed by atoms with Crippen LogP contribution in [-0.4, -0.2) is 51.4 Å². The second-order valence-corrected chi connectivity index (χ2v) is 8.64. The first kappa shape index (κ1) is 20.5. The number of urea groups is 1. The van der Waals surface area contributed by atoms with E-state index < -0.39 is 39.6 Å². The highest BCUT2D eigenvalue weighted by Crippen LogP contribution is 2.27. The third kappa shape index (κ3) is 4.60. The molecule has 0 bridgehead atoms. The van der Waals surface area contributed by atoms with Crippen LogP contribution in [0.3, 0.4) is 0 Å². The van der Waals surface area contributed by atoms with Crippen LogP contribution in [0.25, 0.3) is 0 Å². The SMILES string of the molecule is CN1C(=O)C(NC(=O)NCS(C)(=O)=O)N=C(c2ccccc2F)c2ccccc21. The predicted octanol–water partition coefficient (Wildman–Crippen LogP) is 1.27. The molecule has 1 aliphatic heterocycles. The number of halogens is 1. The fourth-order valence-electron chi connectivity index (χ4n) is 2.86. The minimum absolute atomic E-state index is 0.173. The molecule has 0 saturated heterocycles. The number of rotatable bonds is 4. The van der Waals surface area contributed by atoms with Gasteiger partial charge in [-0.3, -0.25) is 4.79 Å². The zero-order valence-corrected chi connectivity index (χ0v) is 16.5. The Morgan fingerprint density at radius 3 is 2.41 bits per heavy atom. The van der Waals surface area contributed by atoms with Crippen molar-refractivity contribution < 1.29 is 22.4 Å². The van der Waals surface area contributed by atoms with Gasteiger partial charge in [0.25, 0.3) is 5.91 Å². The van der Waals surface area contributed by atoms with Gasteiger partial charge in [0, 0.05) is 24.4 Å². The Morgan fingerprint density at radius 2 is 1.76 bits per heavy atom. The smallest absolute Gasteiger partial charge is 0.317 e. The summed E-state index contributed by atoms with van der Waals surface area (Å²) in [5.41, 5.74) is 1.39. The van der Waals surface area contributed by atoms with Crippen LogP contribution >= 0.6 is 0 Å². The van der Waals surface area contributed by atoms with Gasteiger partial charge in [-0.25, -0.2) is 22.6 Å². The number of anilines is 1. The van der Waals surface area contributed by atoms with Gasteiger partial charge in [0.1, 0.15) is 11.7 Å². The summed E-state index contributed by atoms with van der Waals surface area (Å²) < 4.78 is 37.0. The van der Waals surface area contributed by atoms with Crippen LogP contribution in [-0.2, 0) is 14.6 Å². The van der Waals surface area contributed by atoms with E-state index in [2.05, 4.69) is 15.6 Å². The summed E-state index contributed by atoms with van der Waals surface area (Å²) in [5, 5.41) is 4.51. The van der Waals surface area contributed by atoms with Gasteiger partial charge in [0.15, 0.2) is 9.84 Å². The number of sulfone groups is 1. The lowest BCUT2D eigenvalue weighted by Crippen LogP contribution is -2.50. The minimum Gasteiger partial charge on any atom is -0.324 e. The number of para-hydroxylation sites is 1. The molecule has 1 atom stereocenters. The molecule has 10 heteroatoms. The molecule has 2 N–H and O–H groups in total. The van der Waals surface area contributed by atoms with Crippen molar-refractivity contribution in [2.75, 3.05) is 24.1 Å². The van der Waals surface area contributed by atoms with Crippen molar-refractivity contribution in [3.05, 3.63) is 65.5 Å². The first-order chi connectivity index (χ1) is 13.7. The van der Waals surface area contributed by atoms with Crippen LogP contribution in [0.1, 0.15) is 11.1 Å². The molecule has 2 aromatic carbocycles. The Hall–Kier alpha value is -3.27. The molecule has 0 aliphatic carbocycles. The Bertz CT molecular complexity index is 1100. The number of likely N-dealkylation sites (N-methyl/N-ethyl adjacent to an activating group) is 1. The average molecular weight is 418 g/mol. The summed E-state index contributed by atoms with van der Waals surface area (Å²) in [4.78, 5) is 30.6. The number of nitrogens with zero attached hydrogens (tertiary/aromatic N) is 2. The van der Waals surface area contributed by atoms with Gasteiger partial charge in [-0.2, -0.15) is 0 Å². The summed E-state index contributed by atoms with van der Waals surface area (Å²) in [6.07, 6.45) is -0.412. The van der Waals surface area contributed by atoms with Crippen LogP contribution < -0.4 is 15.5 Å². The number of aliphatic imine (C=N–C) groups is 1. The maximum absolute atomic E-state index is 14.5. The molecule has 3 amide bonds. The molecule has 3 rings (SSSR count). The van der Waals surface area contributed by atoms with Gasteiger partial charge in [-0.05, 0) is 18.2 Å². The number of nitrogens with one attached hydrogen (secondary N) is 2. The van der Waals surface area contributed by atoms with Crippen molar-refractivity contribution in [1.82, 2.24) is 10.6 Å². The zero-order valence-electron chi connectivity index (χ0n) is 15.7. The van der Waals surface area contributed by atoms with E-state index in [9.17, 15) is 22.4 Å². The van der Waals surface area contributed by atoms with Crippen molar-refractivity contribution in [1.29, 1.82) is 0 Å². The molecule has 2 aromatic rings. The lowest BCUT2D eigenvalue weighted by molar-refractivity contribution is -0.119. The number of amides is 3. The lowest BCUT2D eigenvalue weighted by atomic mass is 10.00. The fourth-order valence-corrected chi connectivity index (χ4v) is 3.25. The normalized spacial score (nSPS) is 16.5. The fraction of sp³-hybridized carbons (Fsp3) is 0.211. The van der Waals surface area contributed by atoms with Crippen molar-refractivity contribution in [3.8, 4) is 0 Å². The molecule has 1 unspecified atom stereocenters. The number of carbonyl (C=O) groups is 2. The summed E-state index contributed by atoms with van der Waals surface area (Å²) in [7, 11) is -1.93. The zero-order chi connectivity index (χ0) is 21.2. The molecule has 0 aromatic heterocycles. The maximum atomic E-state index is 14.5. The Labute approximate surface area is 167 Å². The molecule has 8 nitrogen and oxygen atoms in total. The molecule has 0 saturated carbocycles. The Kier molecular flexibility index (Phi) is 5.64. The monoisotopic (exact) mass is 418 g/mol. The molecule has 1 aliphatic rings. The number of carbonyl (C=O) groups excluding carboxylic acids is 2. The van der Waals surface area contributed by atoms with E-state index in [0.717, 1.165) is 6.26 Å². The quantitative estimate of drug-likeness (QED) is 0.779. The number of hydrogen-bond acceptors (Lipinski definition) is 5. The van der Waals surface area contributed by atoms with Gasteiger partial charge < -0.3 is 15.5 Å². The summed E-state index contributed by atoms with van der Waals surface area (Å²) in [6.45, 7) is 0.